The van der Waals surface area contributed by atoms with Crippen LogP contribution in [0.5, 0.6) is 0 Å². The molecule has 1 aliphatic rings. The van der Waals surface area contributed by atoms with Gasteiger partial charge in [0.15, 0.2) is 0 Å². The van der Waals surface area contributed by atoms with Crippen molar-refractivity contribution in [3.8, 4) is 0 Å². The molecule has 17 heavy (non-hydrogen) atoms. The molecule has 0 radical (unpaired) electrons. The van der Waals surface area contributed by atoms with Crippen LogP contribution in [0, 0.1) is 0 Å². The summed E-state index contributed by atoms with van der Waals surface area (Å²) < 4.78 is 7.36. The molecule has 0 amide bonds. The van der Waals surface area contributed by atoms with Gasteiger partial charge in [-0.3, -0.25) is 4.68 Å². The molecule has 4 nitrogen and oxygen atoms in total. The van der Waals surface area contributed by atoms with Crippen LogP contribution in [0.2, 0.25) is 0 Å². The van der Waals surface area contributed by atoms with E-state index in [0.29, 0.717) is 0 Å². The summed E-state index contributed by atoms with van der Waals surface area (Å²) in [5.41, 5.74) is 9.68. The Labute approximate surface area is 102 Å². The predicted octanol–water partition coefficient (Wildman–Crippen LogP) is 2.16. The second-order valence-electron chi connectivity index (χ2n) is 4.37. The van der Waals surface area contributed by atoms with Gasteiger partial charge in [0.05, 0.1) is 30.3 Å². The van der Waals surface area contributed by atoms with Crippen molar-refractivity contribution < 1.29 is 4.74 Å². The summed E-state index contributed by atoms with van der Waals surface area (Å²) in [6.45, 7) is 5.87. The lowest BCUT2D eigenvalue weighted by Gasteiger charge is -2.20. The van der Waals surface area contributed by atoms with Crippen LogP contribution in [0.25, 0.3) is 0 Å². The summed E-state index contributed by atoms with van der Waals surface area (Å²) in [5.74, 6) is 0. The first-order valence-corrected chi connectivity index (χ1v) is 6.39. The summed E-state index contributed by atoms with van der Waals surface area (Å²) in [7, 11) is 0. The number of nitrogens with zero attached hydrogens (tertiary/aromatic N) is 2. The van der Waals surface area contributed by atoms with E-state index in [1.807, 2.05) is 10.9 Å². The highest BCUT2D eigenvalue weighted by Crippen LogP contribution is 2.26. The average molecular weight is 235 g/mol. The Morgan fingerprint density at radius 2 is 2.35 bits per heavy atom. The van der Waals surface area contributed by atoms with Gasteiger partial charge in [0.1, 0.15) is 0 Å². The predicted molar refractivity (Wildman–Crippen MR) is 67.5 cm³/mol. The second-order valence-corrected chi connectivity index (χ2v) is 4.37. The summed E-state index contributed by atoms with van der Waals surface area (Å²) in [5, 5.41) is 4.53. The third-order valence-electron chi connectivity index (χ3n) is 3.20. The maximum atomic E-state index is 6.31. The van der Waals surface area contributed by atoms with E-state index < -0.39 is 0 Å². The molecule has 1 aliphatic heterocycles. The monoisotopic (exact) mass is 235 g/mol. The lowest BCUT2D eigenvalue weighted by atomic mass is 10.00. The summed E-state index contributed by atoms with van der Waals surface area (Å²) in [6.07, 6.45) is 4.85. The molecular weight excluding hydrogens is 214 g/mol. The Kier molecular flexibility index (Phi) is 3.84. The first-order chi connectivity index (χ1) is 8.26. The summed E-state index contributed by atoms with van der Waals surface area (Å²) >= 11 is 0. The van der Waals surface area contributed by atoms with Gasteiger partial charge in [-0.1, -0.05) is 6.92 Å². The molecule has 0 saturated heterocycles. The molecular formula is C13H21N3O. The minimum absolute atomic E-state index is 0.0805. The van der Waals surface area contributed by atoms with Crippen molar-refractivity contribution in [2.24, 2.45) is 5.73 Å². The largest absolute Gasteiger partial charge is 0.501 e. The highest BCUT2D eigenvalue weighted by Gasteiger charge is 2.19. The van der Waals surface area contributed by atoms with Crippen LogP contribution in [-0.2, 0) is 17.7 Å². The fourth-order valence-corrected chi connectivity index (χ4v) is 2.17. The van der Waals surface area contributed by atoms with Gasteiger partial charge in [0.2, 0.25) is 0 Å². The summed E-state index contributed by atoms with van der Waals surface area (Å²) in [4.78, 5) is 0. The Bertz CT molecular complexity index is 409. The van der Waals surface area contributed by atoms with Crippen LogP contribution in [0.1, 0.15) is 44.1 Å². The number of aryl methyl sites for hydroxylation is 2. The van der Waals surface area contributed by atoms with Gasteiger partial charge in [-0.15, -0.1) is 0 Å². The van der Waals surface area contributed by atoms with Gasteiger partial charge in [0, 0.05) is 6.54 Å². The van der Waals surface area contributed by atoms with Crippen LogP contribution >= 0.6 is 0 Å². The molecule has 0 saturated carbocycles. The van der Waals surface area contributed by atoms with Gasteiger partial charge < -0.3 is 10.5 Å². The third kappa shape index (κ3) is 2.52. The normalized spacial score (nSPS) is 17.5. The maximum Gasteiger partial charge on any atom is 0.0876 e. The Balaban J connectivity index is 2.25. The van der Waals surface area contributed by atoms with Crippen molar-refractivity contribution in [1.82, 2.24) is 9.78 Å². The van der Waals surface area contributed by atoms with Crippen LogP contribution in [0.3, 0.4) is 0 Å². The number of nitrogens with two attached hydrogens (primary N) is 1. The highest BCUT2D eigenvalue weighted by molar-refractivity contribution is 5.24. The van der Waals surface area contributed by atoms with E-state index in [1.54, 1.807) is 0 Å². The van der Waals surface area contributed by atoms with Crippen molar-refractivity contribution in [1.29, 1.82) is 0 Å². The molecule has 2 N–H and O–H groups in total. The van der Waals surface area contributed by atoms with Crippen LogP contribution in [0.4, 0.5) is 0 Å². The van der Waals surface area contributed by atoms with Gasteiger partial charge in [-0.25, -0.2) is 0 Å². The molecule has 1 unspecified atom stereocenters. The summed E-state index contributed by atoms with van der Waals surface area (Å²) in [6, 6.07) is 2.03. The molecule has 1 aromatic heterocycles. The maximum absolute atomic E-state index is 6.31. The van der Waals surface area contributed by atoms with Crippen molar-refractivity contribution in [2.45, 2.75) is 45.7 Å². The van der Waals surface area contributed by atoms with Gasteiger partial charge in [-0.2, -0.15) is 5.10 Å². The molecule has 2 heterocycles. The fourth-order valence-electron chi connectivity index (χ4n) is 2.17. The van der Waals surface area contributed by atoms with E-state index in [9.17, 15) is 0 Å². The van der Waals surface area contributed by atoms with Crippen LogP contribution in [0.15, 0.2) is 17.9 Å². The number of hydrogen-bond donors (Lipinski definition) is 1. The van der Waals surface area contributed by atoms with Crippen molar-refractivity contribution in [3.63, 3.8) is 0 Å². The number of hydrogen-bond acceptors (Lipinski definition) is 3. The molecule has 2 rings (SSSR count). The highest BCUT2D eigenvalue weighted by atomic mass is 16.5. The SMILES string of the molecule is CCc1cc(C(N)C2=COCCC2)n(CC)n1. The quantitative estimate of drug-likeness (QED) is 0.870. The molecule has 0 fully saturated rings. The van der Waals surface area contributed by atoms with E-state index >= 15 is 0 Å². The van der Waals surface area contributed by atoms with Crippen LogP contribution in [-0.4, -0.2) is 16.4 Å². The lowest BCUT2D eigenvalue weighted by molar-refractivity contribution is 0.221. The molecule has 0 aliphatic carbocycles. The Morgan fingerprint density at radius 3 is 2.94 bits per heavy atom. The average Bonchev–Trinajstić information content (AvgIpc) is 2.82. The van der Waals surface area contributed by atoms with Gasteiger partial charge in [0.25, 0.3) is 0 Å². The molecule has 0 spiro atoms. The number of aromatic nitrogens is 2. The van der Waals surface area contributed by atoms with Crippen molar-refractivity contribution in [3.05, 3.63) is 29.3 Å². The van der Waals surface area contributed by atoms with Crippen LogP contribution < -0.4 is 5.73 Å². The number of ether oxygens (including phenoxy) is 1. The van der Waals surface area contributed by atoms with Gasteiger partial charge in [-0.05, 0) is 37.8 Å². The zero-order valence-corrected chi connectivity index (χ0v) is 10.6. The standard InChI is InChI=1S/C13H21N3O/c1-3-11-8-12(16(4-2)15-11)13(14)10-6-5-7-17-9-10/h8-9,13H,3-7,14H2,1-2H3. The lowest BCUT2D eigenvalue weighted by Crippen LogP contribution is -2.20. The first-order valence-electron chi connectivity index (χ1n) is 6.39. The van der Waals surface area contributed by atoms with E-state index in [0.717, 1.165) is 43.8 Å². The zero-order valence-electron chi connectivity index (χ0n) is 10.6. The molecule has 0 aromatic carbocycles. The van der Waals surface area contributed by atoms with E-state index in [4.69, 9.17) is 10.5 Å². The smallest absolute Gasteiger partial charge is 0.0876 e. The minimum atomic E-state index is -0.0805. The third-order valence-corrected chi connectivity index (χ3v) is 3.20. The van der Waals surface area contributed by atoms with Crippen molar-refractivity contribution in [2.75, 3.05) is 6.61 Å². The van der Waals surface area contributed by atoms with Gasteiger partial charge >= 0.3 is 0 Å². The number of rotatable bonds is 4. The zero-order chi connectivity index (χ0) is 12.3. The molecule has 94 valence electrons. The molecule has 4 heteroatoms. The van der Waals surface area contributed by atoms with E-state index in [1.165, 1.54) is 5.57 Å². The van der Waals surface area contributed by atoms with E-state index in [-0.39, 0.29) is 6.04 Å². The second kappa shape index (κ2) is 5.36. The molecule has 0 bridgehead atoms. The Morgan fingerprint density at radius 1 is 1.53 bits per heavy atom. The molecule has 1 aromatic rings. The minimum Gasteiger partial charge on any atom is -0.501 e. The topological polar surface area (TPSA) is 53.1 Å². The Hall–Kier alpha value is -1.29. The first kappa shape index (κ1) is 12.2. The van der Waals surface area contributed by atoms with Crippen molar-refractivity contribution >= 4 is 0 Å². The molecule has 1 atom stereocenters. The fraction of sp³-hybridized carbons (Fsp3) is 0.615. The van der Waals surface area contributed by atoms with E-state index in [2.05, 4.69) is 25.0 Å².